The van der Waals surface area contributed by atoms with E-state index in [0.717, 1.165) is 37.8 Å². The van der Waals surface area contributed by atoms with E-state index in [1.807, 2.05) is 11.9 Å². The summed E-state index contributed by atoms with van der Waals surface area (Å²) in [5, 5.41) is 9.40. The van der Waals surface area contributed by atoms with Crippen LogP contribution in [0.4, 0.5) is 13.2 Å². The van der Waals surface area contributed by atoms with Crippen LogP contribution >= 0.6 is 0 Å². The van der Waals surface area contributed by atoms with Gasteiger partial charge in [-0.15, -0.1) is 0 Å². The number of nitriles is 1. The third-order valence-corrected chi connectivity index (χ3v) is 4.23. The number of rotatable bonds is 3. The molecule has 0 radical (unpaired) electrons. The van der Waals surface area contributed by atoms with Crippen LogP contribution in [0.5, 0.6) is 0 Å². The SMILES string of the molecule is CN(C1CCCCC1)C(C#N)c1ccc(C(F)(F)F)cc1. The molecule has 1 aliphatic rings. The normalized spacial score (nSPS) is 18.5. The summed E-state index contributed by atoms with van der Waals surface area (Å²) in [6.07, 6.45) is 1.29. The second-order valence-electron chi connectivity index (χ2n) is 5.61. The van der Waals surface area contributed by atoms with Crippen LogP contribution in [0.2, 0.25) is 0 Å². The van der Waals surface area contributed by atoms with Gasteiger partial charge in [0.25, 0.3) is 0 Å². The van der Waals surface area contributed by atoms with Crippen LogP contribution in [0.1, 0.15) is 49.3 Å². The number of nitrogens with zero attached hydrogens (tertiary/aromatic N) is 2. The Kier molecular flexibility index (Phi) is 4.89. The zero-order valence-corrected chi connectivity index (χ0v) is 12.0. The molecule has 114 valence electrons. The number of halogens is 3. The summed E-state index contributed by atoms with van der Waals surface area (Å²) >= 11 is 0. The molecule has 0 saturated heterocycles. The summed E-state index contributed by atoms with van der Waals surface area (Å²) in [5.41, 5.74) is -0.0539. The predicted octanol–water partition coefficient (Wildman–Crippen LogP) is 4.53. The highest BCUT2D eigenvalue weighted by Gasteiger charge is 2.31. The molecule has 2 nitrogen and oxygen atoms in total. The van der Waals surface area contributed by atoms with E-state index in [0.29, 0.717) is 11.6 Å². The Labute approximate surface area is 123 Å². The van der Waals surface area contributed by atoms with Crippen molar-refractivity contribution in [1.82, 2.24) is 4.90 Å². The molecule has 0 bridgehead atoms. The second-order valence-corrected chi connectivity index (χ2v) is 5.61. The van der Waals surface area contributed by atoms with Gasteiger partial charge in [-0.25, -0.2) is 0 Å². The summed E-state index contributed by atoms with van der Waals surface area (Å²) in [5.74, 6) is 0. The van der Waals surface area contributed by atoms with E-state index in [-0.39, 0.29) is 0 Å². The van der Waals surface area contributed by atoms with E-state index in [2.05, 4.69) is 6.07 Å². The molecule has 1 unspecified atom stereocenters. The first kappa shape index (κ1) is 15.8. The molecule has 0 spiro atoms. The van der Waals surface area contributed by atoms with Crippen LogP contribution in [-0.2, 0) is 6.18 Å². The standard InChI is InChI=1S/C16H19F3N2/c1-21(14-5-3-2-4-6-14)15(11-20)12-7-9-13(10-8-12)16(17,18)19/h7-10,14-15H,2-6H2,1H3. The fourth-order valence-corrected chi connectivity index (χ4v) is 2.95. The molecule has 0 N–H and O–H groups in total. The lowest BCUT2D eigenvalue weighted by molar-refractivity contribution is -0.137. The van der Waals surface area contributed by atoms with Crippen LogP contribution < -0.4 is 0 Å². The van der Waals surface area contributed by atoms with Crippen molar-refractivity contribution in [2.45, 2.75) is 50.4 Å². The Bertz CT molecular complexity index is 496. The monoisotopic (exact) mass is 296 g/mol. The number of hydrogen-bond donors (Lipinski definition) is 0. The van der Waals surface area contributed by atoms with Crippen LogP contribution in [-0.4, -0.2) is 18.0 Å². The molecule has 1 fully saturated rings. The molecule has 21 heavy (non-hydrogen) atoms. The van der Waals surface area contributed by atoms with Crippen molar-refractivity contribution in [3.8, 4) is 6.07 Å². The largest absolute Gasteiger partial charge is 0.416 e. The third-order valence-electron chi connectivity index (χ3n) is 4.23. The van der Waals surface area contributed by atoms with Gasteiger partial charge < -0.3 is 0 Å². The van der Waals surface area contributed by atoms with Crippen LogP contribution in [0, 0.1) is 11.3 Å². The lowest BCUT2D eigenvalue weighted by Crippen LogP contribution is -2.36. The molecule has 0 aromatic heterocycles. The van der Waals surface area contributed by atoms with Crippen LogP contribution in [0.3, 0.4) is 0 Å². The van der Waals surface area contributed by atoms with Crippen molar-refractivity contribution < 1.29 is 13.2 Å². The highest BCUT2D eigenvalue weighted by Crippen LogP contribution is 2.32. The molecule has 0 heterocycles. The maximum absolute atomic E-state index is 12.6. The Morgan fingerprint density at radius 3 is 2.19 bits per heavy atom. The van der Waals surface area contributed by atoms with Gasteiger partial charge >= 0.3 is 6.18 Å². The Morgan fingerprint density at radius 1 is 1.14 bits per heavy atom. The highest BCUT2D eigenvalue weighted by molar-refractivity contribution is 5.29. The van der Waals surface area contributed by atoms with E-state index in [1.165, 1.54) is 18.6 Å². The van der Waals surface area contributed by atoms with Gasteiger partial charge in [-0.3, -0.25) is 4.90 Å². The maximum Gasteiger partial charge on any atom is 0.416 e. The first-order chi connectivity index (χ1) is 9.93. The minimum atomic E-state index is -4.34. The number of hydrogen-bond acceptors (Lipinski definition) is 2. The first-order valence-corrected chi connectivity index (χ1v) is 7.22. The van der Waals surface area contributed by atoms with E-state index in [9.17, 15) is 18.4 Å². The molecule has 1 aliphatic carbocycles. The van der Waals surface area contributed by atoms with Crippen molar-refractivity contribution >= 4 is 0 Å². The number of alkyl halides is 3. The summed E-state index contributed by atoms with van der Waals surface area (Å²) in [6, 6.07) is 6.99. The molecule has 1 aromatic carbocycles. The predicted molar refractivity (Wildman–Crippen MR) is 74.4 cm³/mol. The Morgan fingerprint density at radius 2 is 1.71 bits per heavy atom. The highest BCUT2D eigenvalue weighted by atomic mass is 19.4. The maximum atomic E-state index is 12.6. The zero-order valence-electron chi connectivity index (χ0n) is 12.0. The van der Waals surface area contributed by atoms with Gasteiger partial charge in [0.15, 0.2) is 0 Å². The van der Waals surface area contributed by atoms with Crippen molar-refractivity contribution in [2.75, 3.05) is 7.05 Å². The quantitative estimate of drug-likeness (QED) is 0.819. The van der Waals surface area contributed by atoms with Gasteiger partial charge in [0, 0.05) is 6.04 Å². The molecule has 0 aliphatic heterocycles. The number of benzene rings is 1. The topological polar surface area (TPSA) is 27.0 Å². The minimum absolute atomic E-state index is 0.339. The molecule has 5 heteroatoms. The van der Waals surface area contributed by atoms with Gasteiger partial charge in [-0.05, 0) is 37.6 Å². The zero-order chi connectivity index (χ0) is 15.5. The van der Waals surface area contributed by atoms with Crippen molar-refractivity contribution in [2.24, 2.45) is 0 Å². The van der Waals surface area contributed by atoms with Crippen LogP contribution in [0.25, 0.3) is 0 Å². The van der Waals surface area contributed by atoms with Crippen molar-refractivity contribution in [1.29, 1.82) is 5.26 Å². The van der Waals surface area contributed by atoms with Crippen molar-refractivity contribution in [3.63, 3.8) is 0 Å². The lowest BCUT2D eigenvalue weighted by atomic mass is 9.92. The van der Waals surface area contributed by atoms with E-state index in [4.69, 9.17) is 0 Å². The second kappa shape index (κ2) is 6.48. The molecule has 1 aromatic rings. The summed E-state index contributed by atoms with van der Waals surface area (Å²) < 4.78 is 37.7. The van der Waals surface area contributed by atoms with Crippen molar-refractivity contribution in [3.05, 3.63) is 35.4 Å². The Balaban J connectivity index is 2.15. The average molecular weight is 296 g/mol. The van der Waals surface area contributed by atoms with Gasteiger partial charge in [0.2, 0.25) is 0 Å². The Hall–Kier alpha value is -1.54. The molecular weight excluding hydrogens is 277 g/mol. The fourth-order valence-electron chi connectivity index (χ4n) is 2.95. The molecule has 2 rings (SSSR count). The van der Waals surface area contributed by atoms with E-state index in [1.54, 1.807) is 0 Å². The average Bonchev–Trinajstić information content (AvgIpc) is 2.48. The molecule has 1 saturated carbocycles. The first-order valence-electron chi connectivity index (χ1n) is 7.22. The van der Waals surface area contributed by atoms with Crippen LogP contribution in [0.15, 0.2) is 24.3 Å². The fraction of sp³-hybridized carbons (Fsp3) is 0.562. The van der Waals surface area contributed by atoms with E-state index >= 15 is 0 Å². The van der Waals surface area contributed by atoms with Gasteiger partial charge in [-0.2, -0.15) is 18.4 Å². The molecular formula is C16H19F3N2. The van der Waals surface area contributed by atoms with Gasteiger partial charge in [0.05, 0.1) is 11.6 Å². The summed E-state index contributed by atoms with van der Waals surface area (Å²) in [4.78, 5) is 2.00. The summed E-state index contributed by atoms with van der Waals surface area (Å²) in [7, 11) is 1.89. The lowest BCUT2D eigenvalue weighted by Gasteiger charge is -2.34. The smallest absolute Gasteiger partial charge is 0.284 e. The van der Waals surface area contributed by atoms with Gasteiger partial charge in [-0.1, -0.05) is 31.4 Å². The molecule has 0 amide bonds. The van der Waals surface area contributed by atoms with Gasteiger partial charge in [0.1, 0.15) is 6.04 Å². The van der Waals surface area contributed by atoms with E-state index < -0.39 is 17.8 Å². The third kappa shape index (κ3) is 3.76. The minimum Gasteiger partial charge on any atom is -0.284 e. The molecule has 1 atom stereocenters. The summed E-state index contributed by atoms with van der Waals surface area (Å²) in [6.45, 7) is 0.